The second-order valence-electron chi connectivity index (χ2n) is 3.98. The molecule has 100 valence electrons. The molecule has 0 bridgehead atoms. The molecule has 7 heteroatoms. The molecule has 1 aliphatic heterocycles. The Morgan fingerprint density at radius 3 is 2.67 bits per heavy atom. The number of hydrogen-bond acceptors (Lipinski definition) is 4. The molecule has 0 saturated heterocycles. The lowest BCUT2D eigenvalue weighted by molar-refractivity contribution is 0.171. The fraction of sp³-hybridized carbons (Fsp3) is 0.455. The van der Waals surface area contributed by atoms with Crippen molar-refractivity contribution in [3.63, 3.8) is 0 Å². The van der Waals surface area contributed by atoms with Gasteiger partial charge >= 0.3 is 0 Å². The van der Waals surface area contributed by atoms with Crippen LogP contribution in [-0.2, 0) is 10.0 Å². The Balaban J connectivity index is 2.28. The van der Waals surface area contributed by atoms with E-state index in [-0.39, 0.29) is 10.9 Å². The Labute approximate surface area is 115 Å². The van der Waals surface area contributed by atoms with Crippen molar-refractivity contribution in [1.29, 1.82) is 0 Å². The van der Waals surface area contributed by atoms with Gasteiger partial charge in [-0.2, -0.15) is 0 Å². The van der Waals surface area contributed by atoms with E-state index in [9.17, 15) is 8.42 Å². The molecule has 0 aliphatic carbocycles. The van der Waals surface area contributed by atoms with E-state index >= 15 is 0 Å². The molecule has 0 amide bonds. The molecule has 1 heterocycles. The minimum absolute atomic E-state index is 0.178. The maximum absolute atomic E-state index is 12.1. The Bertz CT molecular complexity index is 532. The van der Waals surface area contributed by atoms with Crippen molar-refractivity contribution in [3.8, 4) is 11.5 Å². The average Bonchev–Trinajstić information content (AvgIpc) is 2.37. The molecular weight excluding hydrogens is 322 g/mol. The van der Waals surface area contributed by atoms with Crippen molar-refractivity contribution in [1.82, 2.24) is 4.72 Å². The van der Waals surface area contributed by atoms with Crippen LogP contribution in [0.1, 0.15) is 6.92 Å². The van der Waals surface area contributed by atoms with Crippen LogP contribution < -0.4 is 14.2 Å². The zero-order valence-corrected chi connectivity index (χ0v) is 12.3. The summed E-state index contributed by atoms with van der Waals surface area (Å²) in [4.78, 5) is 0.180. The summed E-state index contributed by atoms with van der Waals surface area (Å²) >= 11 is 3.23. The maximum Gasteiger partial charge on any atom is 0.240 e. The smallest absolute Gasteiger partial charge is 0.240 e. The van der Waals surface area contributed by atoms with Gasteiger partial charge in [-0.25, -0.2) is 13.1 Å². The Morgan fingerprint density at radius 2 is 2.00 bits per heavy atom. The lowest BCUT2D eigenvalue weighted by Gasteiger charge is -2.19. The van der Waals surface area contributed by atoms with E-state index in [4.69, 9.17) is 9.47 Å². The quantitative estimate of drug-likeness (QED) is 0.847. The number of hydrogen-bond donors (Lipinski definition) is 1. The third-order valence-corrected chi connectivity index (χ3v) is 4.97. The van der Waals surface area contributed by atoms with E-state index < -0.39 is 10.0 Å². The molecule has 1 unspecified atom stereocenters. The second kappa shape index (κ2) is 5.46. The van der Waals surface area contributed by atoms with Crippen molar-refractivity contribution in [3.05, 3.63) is 18.2 Å². The van der Waals surface area contributed by atoms with Gasteiger partial charge in [0.25, 0.3) is 0 Å². The summed E-state index contributed by atoms with van der Waals surface area (Å²) in [7, 11) is -3.52. The van der Waals surface area contributed by atoms with Gasteiger partial charge < -0.3 is 9.47 Å². The average molecular weight is 336 g/mol. The van der Waals surface area contributed by atoms with E-state index in [0.29, 0.717) is 30.0 Å². The molecule has 0 spiro atoms. The molecule has 18 heavy (non-hydrogen) atoms. The van der Waals surface area contributed by atoms with Crippen molar-refractivity contribution in [2.75, 3.05) is 18.5 Å². The predicted octanol–water partition coefficient (Wildman–Crippen LogP) is 1.52. The first-order chi connectivity index (χ1) is 8.53. The minimum atomic E-state index is -3.52. The Hall–Kier alpha value is -0.790. The monoisotopic (exact) mass is 335 g/mol. The van der Waals surface area contributed by atoms with Crippen molar-refractivity contribution < 1.29 is 17.9 Å². The van der Waals surface area contributed by atoms with Crippen LogP contribution in [0.4, 0.5) is 0 Å². The fourth-order valence-corrected chi connectivity index (χ4v) is 3.19. The van der Waals surface area contributed by atoms with Gasteiger partial charge in [0.15, 0.2) is 11.5 Å². The first kappa shape index (κ1) is 13.6. The van der Waals surface area contributed by atoms with Gasteiger partial charge in [0, 0.05) is 17.4 Å². The lowest BCUT2D eigenvalue weighted by Crippen LogP contribution is -2.33. The summed E-state index contributed by atoms with van der Waals surface area (Å²) in [6.07, 6.45) is 0. The topological polar surface area (TPSA) is 64.6 Å². The normalized spacial score (nSPS) is 16.3. The molecule has 1 aliphatic rings. The summed E-state index contributed by atoms with van der Waals surface area (Å²) < 4.78 is 37.4. The summed E-state index contributed by atoms with van der Waals surface area (Å²) in [5.74, 6) is 1.05. The van der Waals surface area contributed by atoms with Crippen LogP contribution in [0.3, 0.4) is 0 Å². The summed E-state index contributed by atoms with van der Waals surface area (Å²) in [6, 6.07) is 4.43. The van der Waals surface area contributed by atoms with E-state index in [1.54, 1.807) is 13.0 Å². The van der Waals surface area contributed by atoms with Gasteiger partial charge in [-0.15, -0.1) is 0 Å². The van der Waals surface area contributed by atoms with Crippen LogP contribution in [0.5, 0.6) is 11.5 Å². The molecule has 1 aromatic carbocycles. The first-order valence-electron chi connectivity index (χ1n) is 5.51. The highest BCUT2D eigenvalue weighted by Gasteiger charge is 2.20. The number of rotatable bonds is 4. The predicted molar refractivity (Wildman–Crippen MR) is 71.0 cm³/mol. The van der Waals surface area contributed by atoms with Crippen LogP contribution in [0, 0.1) is 0 Å². The van der Waals surface area contributed by atoms with Gasteiger partial charge in [-0.1, -0.05) is 15.9 Å². The lowest BCUT2D eigenvalue weighted by atomic mass is 10.3. The highest BCUT2D eigenvalue weighted by Crippen LogP contribution is 2.32. The molecular formula is C11H14BrNO4S. The molecule has 0 aromatic heterocycles. The van der Waals surface area contributed by atoms with E-state index in [0.717, 1.165) is 0 Å². The molecule has 0 saturated carbocycles. The number of benzene rings is 1. The molecule has 1 atom stereocenters. The highest BCUT2D eigenvalue weighted by atomic mass is 79.9. The van der Waals surface area contributed by atoms with Crippen molar-refractivity contribution >= 4 is 26.0 Å². The highest BCUT2D eigenvalue weighted by molar-refractivity contribution is 9.09. The number of alkyl halides is 1. The second-order valence-corrected chi connectivity index (χ2v) is 6.34. The zero-order valence-electron chi connectivity index (χ0n) is 9.85. The van der Waals surface area contributed by atoms with Crippen LogP contribution in [0.15, 0.2) is 23.1 Å². The molecule has 0 fully saturated rings. The maximum atomic E-state index is 12.1. The fourth-order valence-electron chi connectivity index (χ4n) is 1.56. The van der Waals surface area contributed by atoms with E-state index in [1.165, 1.54) is 12.1 Å². The Kier molecular flexibility index (Phi) is 4.14. The number of fused-ring (bicyclic) bond motifs is 1. The van der Waals surface area contributed by atoms with Crippen LogP contribution in [0.2, 0.25) is 0 Å². The SMILES string of the molecule is CC(CBr)NS(=O)(=O)c1ccc2c(c1)OCCO2. The van der Waals surface area contributed by atoms with Gasteiger partial charge in [-0.05, 0) is 19.1 Å². The molecule has 1 aromatic rings. The third kappa shape index (κ3) is 2.96. The zero-order chi connectivity index (χ0) is 13.2. The molecule has 0 radical (unpaired) electrons. The number of halogens is 1. The molecule has 5 nitrogen and oxygen atoms in total. The van der Waals surface area contributed by atoms with E-state index in [1.807, 2.05) is 0 Å². The van der Waals surface area contributed by atoms with Crippen LogP contribution >= 0.6 is 15.9 Å². The number of nitrogens with one attached hydrogen (secondary N) is 1. The molecule has 1 N–H and O–H groups in total. The van der Waals surface area contributed by atoms with Crippen molar-refractivity contribution in [2.45, 2.75) is 17.9 Å². The third-order valence-electron chi connectivity index (χ3n) is 2.41. The summed E-state index contributed by atoms with van der Waals surface area (Å²) in [6.45, 7) is 2.70. The number of sulfonamides is 1. The van der Waals surface area contributed by atoms with Crippen LogP contribution in [-0.4, -0.2) is 33.0 Å². The minimum Gasteiger partial charge on any atom is -0.486 e. The Morgan fingerprint density at radius 1 is 1.33 bits per heavy atom. The van der Waals surface area contributed by atoms with Gasteiger partial charge in [0.2, 0.25) is 10.0 Å². The van der Waals surface area contributed by atoms with Gasteiger partial charge in [0.05, 0.1) is 4.90 Å². The van der Waals surface area contributed by atoms with Crippen LogP contribution in [0.25, 0.3) is 0 Å². The first-order valence-corrected chi connectivity index (χ1v) is 8.11. The summed E-state index contributed by atoms with van der Waals surface area (Å²) in [5.41, 5.74) is 0. The standard InChI is InChI=1S/C11H14BrNO4S/c1-8(7-12)13-18(14,15)9-2-3-10-11(6-9)17-5-4-16-10/h2-3,6,8,13H,4-5,7H2,1H3. The number of ether oxygens (including phenoxy) is 2. The largest absolute Gasteiger partial charge is 0.486 e. The van der Waals surface area contributed by atoms with E-state index in [2.05, 4.69) is 20.7 Å². The summed E-state index contributed by atoms with van der Waals surface area (Å²) in [5, 5.41) is 0.552. The van der Waals surface area contributed by atoms with Gasteiger partial charge in [-0.3, -0.25) is 0 Å². The molecule has 2 rings (SSSR count). The van der Waals surface area contributed by atoms with Crippen molar-refractivity contribution in [2.24, 2.45) is 0 Å². The van der Waals surface area contributed by atoms with Gasteiger partial charge in [0.1, 0.15) is 13.2 Å².